The molecular formula is C28H24N2O7S2. The normalized spacial score (nSPS) is 17.2. The number of carboxylic acids is 1. The van der Waals surface area contributed by atoms with Gasteiger partial charge in [0.1, 0.15) is 5.75 Å². The zero-order valence-electron chi connectivity index (χ0n) is 20.7. The van der Waals surface area contributed by atoms with E-state index in [-0.39, 0.29) is 11.4 Å². The first-order valence-electron chi connectivity index (χ1n) is 11.9. The lowest BCUT2D eigenvalue weighted by atomic mass is 10.0. The SMILES string of the molecule is COc1ccc(S(=O)(=O)N2Cc3ccsc3C(OC(=O)Nc3ccccc3-c3ccccc3)C2C(=O)O)cc1. The van der Waals surface area contributed by atoms with Crippen molar-refractivity contribution in [3.05, 3.63) is 101 Å². The molecular weight excluding hydrogens is 540 g/mol. The number of hydrogen-bond donors (Lipinski definition) is 2. The Labute approximate surface area is 229 Å². The number of sulfonamides is 1. The van der Waals surface area contributed by atoms with Crippen LogP contribution in [-0.4, -0.2) is 43.0 Å². The predicted molar refractivity (Wildman–Crippen MR) is 146 cm³/mol. The van der Waals surface area contributed by atoms with Gasteiger partial charge in [-0.25, -0.2) is 13.2 Å². The Balaban J connectivity index is 1.47. The summed E-state index contributed by atoms with van der Waals surface area (Å²) in [5.74, 6) is -0.982. The first-order valence-corrected chi connectivity index (χ1v) is 14.2. The first kappa shape index (κ1) is 26.4. The summed E-state index contributed by atoms with van der Waals surface area (Å²) < 4.78 is 38.9. The van der Waals surface area contributed by atoms with Crippen molar-refractivity contribution in [2.75, 3.05) is 12.4 Å². The number of thiophene rings is 1. The molecule has 1 amide bonds. The van der Waals surface area contributed by atoms with Gasteiger partial charge in [0.25, 0.3) is 0 Å². The van der Waals surface area contributed by atoms with E-state index in [9.17, 15) is 23.1 Å². The third kappa shape index (κ3) is 5.24. The van der Waals surface area contributed by atoms with E-state index in [4.69, 9.17) is 9.47 Å². The van der Waals surface area contributed by atoms with Gasteiger partial charge in [0, 0.05) is 12.1 Å². The molecule has 2 heterocycles. The maximum atomic E-state index is 13.6. The molecule has 0 saturated heterocycles. The lowest BCUT2D eigenvalue weighted by molar-refractivity contribution is -0.146. The third-order valence-corrected chi connectivity index (χ3v) is 9.23. The maximum Gasteiger partial charge on any atom is 0.412 e. The van der Waals surface area contributed by atoms with Crippen molar-refractivity contribution >= 4 is 39.1 Å². The Bertz CT molecular complexity index is 1600. The van der Waals surface area contributed by atoms with Gasteiger partial charge >= 0.3 is 12.1 Å². The third-order valence-electron chi connectivity index (χ3n) is 6.36. The topological polar surface area (TPSA) is 122 Å². The van der Waals surface area contributed by atoms with Gasteiger partial charge in [-0.1, -0.05) is 48.5 Å². The standard InChI is InChI=1S/C28H24N2O7S2/c1-36-20-11-13-21(14-12-20)39(34,35)30-17-19-15-16-38-26(19)25(24(30)27(31)32)37-28(33)29-23-10-6-5-9-22(23)18-7-3-2-4-8-18/h2-16,24-25H,17H2,1H3,(H,29,33)(H,31,32). The van der Waals surface area contributed by atoms with Crippen LogP contribution in [0, 0.1) is 0 Å². The van der Waals surface area contributed by atoms with Crippen LogP contribution in [0.25, 0.3) is 11.1 Å². The molecule has 1 aliphatic rings. The second-order valence-corrected chi connectivity index (χ2v) is 11.5. The second-order valence-electron chi connectivity index (χ2n) is 8.68. The summed E-state index contributed by atoms with van der Waals surface area (Å²) >= 11 is 1.21. The quantitative estimate of drug-likeness (QED) is 0.309. The first-order chi connectivity index (χ1) is 18.8. The molecule has 3 aromatic carbocycles. The summed E-state index contributed by atoms with van der Waals surface area (Å²) in [6.45, 7) is -0.178. The number of benzene rings is 3. The minimum Gasteiger partial charge on any atom is -0.497 e. The molecule has 11 heteroatoms. The van der Waals surface area contributed by atoms with E-state index in [1.54, 1.807) is 23.6 Å². The van der Waals surface area contributed by atoms with E-state index >= 15 is 0 Å². The van der Waals surface area contributed by atoms with Crippen molar-refractivity contribution in [1.82, 2.24) is 4.31 Å². The van der Waals surface area contributed by atoms with Crippen LogP contribution in [0.3, 0.4) is 0 Å². The van der Waals surface area contributed by atoms with Crippen LogP contribution in [0.2, 0.25) is 0 Å². The Hall–Kier alpha value is -4.19. The molecule has 2 unspecified atom stereocenters. The number of carbonyl (C=O) groups is 2. The molecule has 2 N–H and O–H groups in total. The zero-order valence-corrected chi connectivity index (χ0v) is 22.3. The van der Waals surface area contributed by atoms with Crippen molar-refractivity contribution in [1.29, 1.82) is 0 Å². The molecule has 0 saturated carbocycles. The molecule has 1 aromatic heterocycles. The number of carbonyl (C=O) groups excluding carboxylic acids is 1. The van der Waals surface area contributed by atoms with Gasteiger partial charge in [-0.2, -0.15) is 4.31 Å². The van der Waals surface area contributed by atoms with Crippen LogP contribution in [0.4, 0.5) is 10.5 Å². The monoisotopic (exact) mass is 564 g/mol. The highest BCUT2D eigenvalue weighted by molar-refractivity contribution is 7.89. The van der Waals surface area contributed by atoms with Crippen molar-refractivity contribution in [2.45, 2.75) is 23.6 Å². The Morgan fingerprint density at radius 1 is 0.974 bits per heavy atom. The van der Waals surface area contributed by atoms with Crippen LogP contribution >= 0.6 is 11.3 Å². The fourth-order valence-electron chi connectivity index (χ4n) is 4.49. The Kier molecular flexibility index (Phi) is 7.38. The number of ether oxygens (including phenoxy) is 2. The molecule has 1 aliphatic heterocycles. The highest BCUT2D eigenvalue weighted by Gasteiger charge is 2.48. The van der Waals surface area contributed by atoms with E-state index in [0.717, 1.165) is 15.4 Å². The summed E-state index contributed by atoms with van der Waals surface area (Å²) in [6.07, 6.45) is -2.28. The molecule has 2 atom stereocenters. The molecule has 0 radical (unpaired) electrons. The fraction of sp³-hybridized carbons (Fsp3) is 0.143. The van der Waals surface area contributed by atoms with Gasteiger partial charge in [0.15, 0.2) is 12.1 Å². The molecule has 4 aromatic rings. The van der Waals surface area contributed by atoms with Crippen molar-refractivity contribution < 1.29 is 32.6 Å². The van der Waals surface area contributed by atoms with Gasteiger partial charge in [-0.05, 0) is 52.9 Å². The average molecular weight is 565 g/mol. The van der Waals surface area contributed by atoms with Gasteiger partial charge in [-0.15, -0.1) is 11.3 Å². The maximum absolute atomic E-state index is 13.6. The summed E-state index contributed by atoms with van der Waals surface area (Å²) in [5.41, 5.74) is 2.64. The van der Waals surface area contributed by atoms with Crippen LogP contribution in [-0.2, 0) is 26.1 Å². The van der Waals surface area contributed by atoms with Gasteiger partial charge in [-0.3, -0.25) is 10.1 Å². The van der Waals surface area contributed by atoms with Crippen LogP contribution in [0.15, 0.2) is 95.2 Å². The molecule has 0 spiro atoms. The van der Waals surface area contributed by atoms with E-state index in [2.05, 4.69) is 5.32 Å². The highest BCUT2D eigenvalue weighted by Crippen LogP contribution is 2.41. The summed E-state index contributed by atoms with van der Waals surface area (Å²) in [5, 5.41) is 14.6. The second kappa shape index (κ2) is 10.9. The predicted octanol–water partition coefficient (Wildman–Crippen LogP) is 5.37. The number of amides is 1. The van der Waals surface area contributed by atoms with Gasteiger partial charge < -0.3 is 14.6 Å². The van der Waals surface area contributed by atoms with E-state index in [0.29, 0.717) is 21.9 Å². The molecule has 9 nitrogen and oxygen atoms in total. The van der Waals surface area contributed by atoms with Crippen LogP contribution in [0.5, 0.6) is 5.75 Å². The van der Waals surface area contributed by atoms with Gasteiger partial charge in [0.05, 0.1) is 22.6 Å². The number of rotatable bonds is 7. The number of anilines is 1. The van der Waals surface area contributed by atoms with Crippen molar-refractivity contribution in [3.8, 4) is 16.9 Å². The van der Waals surface area contributed by atoms with Crippen LogP contribution < -0.4 is 10.1 Å². The minimum absolute atomic E-state index is 0.104. The summed E-state index contributed by atoms with van der Waals surface area (Å²) in [7, 11) is -2.83. The zero-order chi connectivity index (χ0) is 27.6. The number of para-hydroxylation sites is 1. The molecule has 0 aliphatic carbocycles. The smallest absolute Gasteiger partial charge is 0.412 e. The van der Waals surface area contributed by atoms with E-state index < -0.39 is 34.2 Å². The summed E-state index contributed by atoms with van der Waals surface area (Å²) in [6, 6.07) is 22.2. The highest BCUT2D eigenvalue weighted by atomic mass is 32.2. The number of aliphatic carboxylic acids is 1. The average Bonchev–Trinajstić information content (AvgIpc) is 3.42. The number of nitrogens with one attached hydrogen (secondary N) is 1. The Morgan fingerprint density at radius 2 is 1.67 bits per heavy atom. The number of carboxylic acid groups (broad SMARTS) is 1. The molecule has 0 fully saturated rings. The van der Waals surface area contributed by atoms with E-state index in [1.807, 2.05) is 42.5 Å². The molecule has 200 valence electrons. The molecule has 5 rings (SSSR count). The van der Waals surface area contributed by atoms with Crippen molar-refractivity contribution in [3.63, 3.8) is 0 Å². The summed E-state index contributed by atoms with van der Waals surface area (Å²) in [4.78, 5) is 26.1. The largest absolute Gasteiger partial charge is 0.497 e. The fourth-order valence-corrected chi connectivity index (χ4v) is 7.03. The number of nitrogens with zero attached hydrogens (tertiary/aromatic N) is 1. The van der Waals surface area contributed by atoms with E-state index in [1.165, 1.54) is 42.7 Å². The number of methoxy groups -OCH3 is 1. The number of hydrogen-bond acceptors (Lipinski definition) is 7. The lowest BCUT2D eigenvalue weighted by Crippen LogP contribution is -2.51. The molecule has 0 bridgehead atoms. The Morgan fingerprint density at radius 3 is 2.36 bits per heavy atom. The molecule has 39 heavy (non-hydrogen) atoms. The lowest BCUT2D eigenvalue weighted by Gasteiger charge is -2.37. The number of fused-ring (bicyclic) bond motifs is 1. The van der Waals surface area contributed by atoms with Crippen LogP contribution in [0.1, 0.15) is 16.5 Å². The van der Waals surface area contributed by atoms with Crippen molar-refractivity contribution in [2.24, 2.45) is 0 Å². The minimum atomic E-state index is -4.28. The van der Waals surface area contributed by atoms with Gasteiger partial charge in [0.2, 0.25) is 10.0 Å².